The zero-order chi connectivity index (χ0) is 15.5. The molecular weight excluding hydrogens is 262 g/mol. The largest absolute Gasteiger partial charge is 0.387 e. The van der Waals surface area contributed by atoms with Crippen molar-refractivity contribution in [1.82, 2.24) is 10.2 Å². The summed E-state index contributed by atoms with van der Waals surface area (Å²) in [5.41, 5.74) is 0.142. The molecule has 21 heavy (non-hydrogen) atoms. The topological polar surface area (TPSA) is 56.1 Å². The minimum Gasteiger partial charge on any atom is -0.387 e. The van der Waals surface area contributed by atoms with Crippen molar-refractivity contribution in [1.29, 1.82) is 5.26 Å². The fraction of sp³-hybridized carbons (Fsp3) is 0.529. The number of hydrogen-bond donors (Lipinski definition) is 1. The number of nitrogens with one attached hydrogen (secondary N) is 1. The van der Waals surface area contributed by atoms with Crippen LogP contribution in [0.4, 0.5) is 0 Å². The van der Waals surface area contributed by atoms with Crippen molar-refractivity contribution in [3.05, 3.63) is 37.1 Å². The van der Waals surface area contributed by atoms with Gasteiger partial charge in [-0.2, -0.15) is 5.26 Å². The number of hydrogen-bond acceptors (Lipinski definition) is 3. The summed E-state index contributed by atoms with van der Waals surface area (Å²) in [5, 5.41) is 12.5. The Hall–Kier alpha value is -2.02. The highest BCUT2D eigenvalue weighted by atomic mass is 16.2. The molecule has 0 aromatic heterocycles. The molecule has 0 aromatic carbocycles. The van der Waals surface area contributed by atoms with E-state index in [0.29, 0.717) is 19.1 Å². The fourth-order valence-corrected chi connectivity index (χ4v) is 2.51. The minimum absolute atomic E-state index is 0.142. The van der Waals surface area contributed by atoms with Gasteiger partial charge in [-0.3, -0.25) is 4.79 Å². The average molecular weight is 287 g/mol. The predicted octanol–water partition coefficient (Wildman–Crippen LogP) is 2.91. The van der Waals surface area contributed by atoms with Crippen LogP contribution in [0.5, 0.6) is 0 Å². The highest BCUT2D eigenvalue weighted by Gasteiger charge is 2.17. The lowest BCUT2D eigenvalue weighted by Gasteiger charge is -2.19. The molecule has 114 valence electrons. The SMILES string of the molecule is C=CCN(CC=C)C(=O)/C(C#N)=C\NC1CCCCCC1. The zero-order valence-corrected chi connectivity index (χ0v) is 12.7. The first-order chi connectivity index (χ1) is 10.2. The summed E-state index contributed by atoms with van der Waals surface area (Å²) in [6.07, 6.45) is 12.1. The van der Waals surface area contributed by atoms with Gasteiger partial charge in [-0.05, 0) is 12.8 Å². The molecule has 0 aliphatic heterocycles. The molecule has 1 aliphatic rings. The summed E-state index contributed by atoms with van der Waals surface area (Å²) >= 11 is 0. The molecule has 1 rings (SSSR count). The van der Waals surface area contributed by atoms with Crippen LogP contribution in [0.15, 0.2) is 37.1 Å². The second-order valence-corrected chi connectivity index (χ2v) is 5.31. The third-order valence-electron chi connectivity index (χ3n) is 3.66. The summed E-state index contributed by atoms with van der Waals surface area (Å²) in [7, 11) is 0. The molecule has 1 amide bonds. The molecule has 1 N–H and O–H groups in total. The van der Waals surface area contributed by atoms with Crippen LogP contribution in [0.3, 0.4) is 0 Å². The molecular formula is C17H25N3O. The molecule has 0 heterocycles. The van der Waals surface area contributed by atoms with Gasteiger partial charge >= 0.3 is 0 Å². The van der Waals surface area contributed by atoms with E-state index in [1.54, 1.807) is 23.3 Å². The van der Waals surface area contributed by atoms with Gasteiger partial charge in [0.2, 0.25) is 0 Å². The fourth-order valence-electron chi connectivity index (χ4n) is 2.51. The van der Waals surface area contributed by atoms with Gasteiger partial charge in [-0.15, -0.1) is 13.2 Å². The van der Waals surface area contributed by atoms with Crippen molar-refractivity contribution < 1.29 is 4.79 Å². The smallest absolute Gasteiger partial charge is 0.266 e. The summed E-state index contributed by atoms with van der Waals surface area (Å²) < 4.78 is 0. The minimum atomic E-state index is -0.279. The number of carbonyl (C=O) groups excluding carboxylic acids is 1. The van der Waals surface area contributed by atoms with Crippen molar-refractivity contribution in [3.8, 4) is 6.07 Å². The van der Waals surface area contributed by atoms with E-state index in [-0.39, 0.29) is 11.5 Å². The van der Waals surface area contributed by atoms with E-state index < -0.39 is 0 Å². The van der Waals surface area contributed by atoms with Gasteiger partial charge in [0.15, 0.2) is 0 Å². The third kappa shape index (κ3) is 5.86. The predicted molar refractivity (Wildman–Crippen MR) is 85.3 cm³/mol. The Balaban J connectivity index is 2.68. The van der Waals surface area contributed by atoms with E-state index in [1.165, 1.54) is 25.7 Å². The third-order valence-corrected chi connectivity index (χ3v) is 3.66. The Morgan fingerprint density at radius 1 is 1.19 bits per heavy atom. The lowest BCUT2D eigenvalue weighted by molar-refractivity contribution is -0.125. The first-order valence-electron chi connectivity index (χ1n) is 7.60. The average Bonchev–Trinajstić information content (AvgIpc) is 2.76. The standard InChI is InChI=1S/C17H25N3O/c1-3-11-20(12-4-2)17(21)15(13-18)14-19-16-9-7-5-6-8-10-16/h3-4,14,16,19H,1-2,5-12H2/b15-14-. The second-order valence-electron chi connectivity index (χ2n) is 5.31. The summed E-state index contributed by atoms with van der Waals surface area (Å²) in [6, 6.07) is 2.36. The molecule has 1 aliphatic carbocycles. The van der Waals surface area contributed by atoms with Gasteiger partial charge in [0.05, 0.1) is 0 Å². The number of rotatable bonds is 7. The maximum atomic E-state index is 12.3. The molecule has 0 atom stereocenters. The normalized spacial score (nSPS) is 16.4. The summed E-state index contributed by atoms with van der Waals surface area (Å²) in [5.74, 6) is -0.279. The van der Waals surface area contributed by atoms with Gasteiger partial charge < -0.3 is 10.2 Å². The Morgan fingerprint density at radius 2 is 1.76 bits per heavy atom. The lowest BCUT2D eigenvalue weighted by Crippen LogP contribution is -2.33. The molecule has 4 heteroatoms. The van der Waals surface area contributed by atoms with E-state index in [9.17, 15) is 10.1 Å². The first kappa shape index (κ1) is 17.0. The Labute approximate surface area is 127 Å². The van der Waals surface area contributed by atoms with Crippen molar-refractivity contribution in [3.63, 3.8) is 0 Å². The van der Waals surface area contributed by atoms with Crippen molar-refractivity contribution >= 4 is 5.91 Å². The quantitative estimate of drug-likeness (QED) is 0.339. The molecule has 0 saturated heterocycles. The first-order valence-corrected chi connectivity index (χ1v) is 7.60. The summed E-state index contributed by atoms with van der Waals surface area (Å²) in [4.78, 5) is 13.8. The molecule has 0 aromatic rings. The number of amides is 1. The van der Waals surface area contributed by atoms with E-state index in [4.69, 9.17) is 0 Å². The van der Waals surface area contributed by atoms with Crippen molar-refractivity contribution in [2.45, 2.75) is 44.6 Å². The number of nitriles is 1. The monoisotopic (exact) mass is 287 g/mol. The van der Waals surface area contributed by atoms with Crippen LogP contribution >= 0.6 is 0 Å². The van der Waals surface area contributed by atoms with Crippen LogP contribution in [0.1, 0.15) is 38.5 Å². The number of nitrogens with zero attached hydrogens (tertiary/aromatic N) is 2. The summed E-state index contributed by atoms with van der Waals surface area (Å²) in [6.45, 7) is 8.09. The van der Waals surface area contributed by atoms with Gasteiger partial charge in [-0.1, -0.05) is 37.8 Å². The molecule has 0 bridgehead atoms. The van der Waals surface area contributed by atoms with Crippen molar-refractivity contribution in [2.75, 3.05) is 13.1 Å². The maximum absolute atomic E-state index is 12.3. The molecule has 0 radical (unpaired) electrons. The molecule has 1 saturated carbocycles. The van der Waals surface area contributed by atoms with Gasteiger partial charge in [0.25, 0.3) is 5.91 Å². The molecule has 4 nitrogen and oxygen atoms in total. The van der Waals surface area contributed by atoms with Crippen LogP contribution in [-0.4, -0.2) is 29.9 Å². The highest BCUT2D eigenvalue weighted by Crippen LogP contribution is 2.17. The second kappa shape index (κ2) is 9.82. The van der Waals surface area contributed by atoms with Crippen LogP contribution in [0, 0.1) is 11.3 Å². The molecule has 0 unspecified atom stereocenters. The zero-order valence-electron chi connectivity index (χ0n) is 12.7. The van der Waals surface area contributed by atoms with Gasteiger partial charge in [-0.25, -0.2) is 0 Å². The maximum Gasteiger partial charge on any atom is 0.266 e. The molecule has 1 fully saturated rings. The van der Waals surface area contributed by atoms with Crippen molar-refractivity contribution in [2.24, 2.45) is 0 Å². The van der Waals surface area contributed by atoms with E-state index in [0.717, 1.165) is 12.8 Å². The molecule has 0 spiro atoms. The van der Waals surface area contributed by atoms with E-state index in [2.05, 4.69) is 18.5 Å². The highest BCUT2D eigenvalue weighted by molar-refractivity contribution is 5.97. The lowest BCUT2D eigenvalue weighted by atomic mass is 10.1. The number of carbonyl (C=O) groups is 1. The Kier molecular flexibility index (Phi) is 7.96. The Bertz CT molecular complexity index is 416. The van der Waals surface area contributed by atoms with Crippen LogP contribution in [-0.2, 0) is 4.79 Å². The van der Waals surface area contributed by atoms with Gasteiger partial charge in [0, 0.05) is 25.3 Å². The van der Waals surface area contributed by atoms with Crippen LogP contribution in [0.25, 0.3) is 0 Å². The Morgan fingerprint density at radius 3 is 2.24 bits per heavy atom. The van der Waals surface area contributed by atoms with E-state index >= 15 is 0 Å². The van der Waals surface area contributed by atoms with Gasteiger partial charge in [0.1, 0.15) is 11.6 Å². The van der Waals surface area contributed by atoms with Crippen LogP contribution in [0.2, 0.25) is 0 Å². The van der Waals surface area contributed by atoms with E-state index in [1.807, 2.05) is 6.07 Å². The van der Waals surface area contributed by atoms with Crippen LogP contribution < -0.4 is 5.32 Å².